The molecular weight excluding hydrogens is 352 g/mol. The van der Waals surface area contributed by atoms with Gasteiger partial charge in [0.15, 0.2) is 5.79 Å². The van der Waals surface area contributed by atoms with E-state index in [4.69, 9.17) is 18.9 Å². The van der Waals surface area contributed by atoms with Gasteiger partial charge in [0.1, 0.15) is 24.4 Å². The van der Waals surface area contributed by atoms with Crippen molar-refractivity contribution in [2.45, 2.75) is 70.4 Å². The van der Waals surface area contributed by atoms with Crippen molar-refractivity contribution >= 4 is 0 Å². The smallest absolute Gasteiger partial charge is 0.164 e. The minimum absolute atomic E-state index is 0.261. The highest BCUT2D eigenvalue weighted by Gasteiger charge is 2.50. The van der Waals surface area contributed by atoms with Gasteiger partial charge in [0.2, 0.25) is 0 Å². The first-order chi connectivity index (χ1) is 13.2. The highest BCUT2D eigenvalue weighted by atomic mass is 16.8. The molecule has 0 N–H and O–H groups in total. The topological polar surface area (TPSA) is 36.9 Å². The second-order valence-corrected chi connectivity index (χ2v) is 8.69. The zero-order valence-corrected chi connectivity index (χ0v) is 17.7. The Labute approximate surface area is 168 Å². The SMILES string of the molecule is CO[C@H](c1ccccc1)[C@@H]1OC(C)(C)OC1[C@H](OC(C)(C)C)c1ccccc1. The number of benzene rings is 2. The lowest BCUT2D eigenvalue weighted by molar-refractivity contribution is -0.174. The van der Waals surface area contributed by atoms with Crippen molar-refractivity contribution in [3.63, 3.8) is 0 Å². The minimum Gasteiger partial charge on any atom is -0.374 e. The van der Waals surface area contributed by atoms with Crippen LogP contribution >= 0.6 is 0 Å². The lowest BCUT2D eigenvalue weighted by Crippen LogP contribution is -2.39. The van der Waals surface area contributed by atoms with E-state index in [1.807, 2.05) is 50.2 Å². The van der Waals surface area contributed by atoms with E-state index in [1.165, 1.54) is 0 Å². The van der Waals surface area contributed by atoms with Crippen molar-refractivity contribution in [2.75, 3.05) is 7.11 Å². The van der Waals surface area contributed by atoms with Gasteiger partial charge in [-0.05, 0) is 45.7 Å². The van der Waals surface area contributed by atoms with E-state index in [1.54, 1.807) is 7.11 Å². The lowest BCUT2D eigenvalue weighted by Gasteiger charge is -2.35. The Morgan fingerprint density at radius 1 is 0.786 bits per heavy atom. The van der Waals surface area contributed by atoms with Gasteiger partial charge in [-0.25, -0.2) is 0 Å². The van der Waals surface area contributed by atoms with Crippen LogP contribution in [0.3, 0.4) is 0 Å². The fourth-order valence-electron chi connectivity index (χ4n) is 3.74. The molecule has 4 nitrogen and oxygen atoms in total. The molecule has 0 spiro atoms. The summed E-state index contributed by atoms with van der Waals surface area (Å²) in [4.78, 5) is 0. The van der Waals surface area contributed by atoms with E-state index in [-0.39, 0.29) is 30.0 Å². The van der Waals surface area contributed by atoms with Crippen LogP contribution in [0.15, 0.2) is 60.7 Å². The van der Waals surface area contributed by atoms with Crippen LogP contribution in [-0.4, -0.2) is 30.7 Å². The Balaban J connectivity index is 2.01. The molecule has 0 amide bonds. The van der Waals surface area contributed by atoms with Gasteiger partial charge in [-0.3, -0.25) is 0 Å². The Morgan fingerprint density at radius 3 is 1.64 bits per heavy atom. The summed E-state index contributed by atoms with van der Waals surface area (Å²) >= 11 is 0. The predicted molar refractivity (Wildman–Crippen MR) is 110 cm³/mol. The zero-order chi connectivity index (χ0) is 20.4. The molecule has 3 rings (SSSR count). The third-order valence-electron chi connectivity index (χ3n) is 4.75. The molecule has 4 heteroatoms. The molecule has 1 aliphatic rings. The quantitative estimate of drug-likeness (QED) is 0.663. The minimum atomic E-state index is -0.727. The van der Waals surface area contributed by atoms with E-state index in [0.717, 1.165) is 11.1 Å². The van der Waals surface area contributed by atoms with Gasteiger partial charge >= 0.3 is 0 Å². The molecule has 0 saturated carbocycles. The lowest BCUT2D eigenvalue weighted by atomic mass is 9.93. The van der Waals surface area contributed by atoms with Gasteiger partial charge < -0.3 is 18.9 Å². The highest BCUT2D eigenvalue weighted by molar-refractivity contribution is 5.23. The monoisotopic (exact) mass is 384 g/mol. The second-order valence-electron chi connectivity index (χ2n) is 8.69. The molecule has 152 valence electrons. The molecule has 2 aromatic carbocycles. The standard InChI is InChI=1S/C24H32O4/c1-23(2,3)26-20(18-15-11-8-12-16-18)22-21(27-24(4,5)28-22)19(25-6)17-13-9-7-10-14-17/h7-16,19-22H,1-6H3/t19-,20-,21+,22?/m1/s1. The summed E-state index contributed by atoms with van der Waals surface area (Å²) < 4.78 is 25.2. The Kier molecular flexibility index (Phi) is 6.25. The van der Waals surface area contributed by atoms with Crippen molar-refractivity contribution in [1.82, 2.24) is 0 Å². The second kappa shape index (κ2) is 8.34. The maximum Gasteiger partial charge on any atom is 0.164 e. The van der Waals surface area contributed by atoms with E-state index < -0.39 is 5.79 Å². The summed E-state index contributed by atoms with van der Waals surface area (Å²) in [6.45, 7) is 10.1. The average Bonchev–Trinajstić information content (AvgIpc) is 2.96. The van der Waals surface area contributed by atoms with Crippen molar-refractivity contribution in [3.05, 3.63) is 71.8 Å². The molecule has 1 aliphatic heterocycles. The van der Waals surface area contributed by atoms with Crippen LogP contribution in [0.5, 0.6) is 0 Å². The Hall–Kier alpha value is -1.72. The first-order valence-electron chi connectivity index (χ1n) is 9.86. The number of ether oxygens (including phenoxy) is 4. The van der Waals surface area contributed by atoms with Crippen LogP contribution in [0.1, 0.15) is 58.0 Å². The van der Waals surface area contributed by atoms with Crippen LogP contribution < -0.4 is 0 Å². The Bertz CT molecular complexity index is 736. The third kappa shape index (κ3) is 5.00. The molecule has 0 aliphatic carbocycles. The van der Waals surface area contributed by atoms with Gasteiger partial charge in [0, 0.05) is 7.11 Å². The number of methoxy groups -OCH3 is 1. The average molecular weight is 385 g/mol. The van der Waals surface area contributed by atoms with Crippen LogP contribution in [-0.2, 0) is 18.9 Å². The molecule has 1 fully saturated rings. The van der Waals surface area contributed by atoms with E-state index in [9.17, 15) is 0 Å². The summed E-state index contributed by atoms with van der Waals surface area (Å²) in [5, 5.41) is 0. The van der Waals surface area contributed by atoms with Crippen LogP contribution in [0.2, 0.25) is 0 Å². The first-order valence-corrected chi connectivity index (χ1v) is 9.86. The van der Waals surface area contributed by atoms with Gasteiger partial charge in [0.25, 0.3) is 0 Å². The molecule has 0 bridgehead atoms. The molecular formula is C24H32O4. The summed E-state index contributed by atoms with van der Waals surface area (Å²) in [6.07, 6.45) is -1.17. The van der Waals surface area contributed by atoms with Gasteiger partial charge in [-0.1, -0.05) is 60.7 Å². The summed E-state index contributed by atoms with van der Waals surface area (Å²) in [7, 11) is 1.71. The molecule has 4 atom stereocenters. The summed E-state index contributed by atoms with van der Waals surface area (Å²) in [6, 6.07) is 20.3. The van der Waals surface area contributed by atoms with E-state index in [0.29, 0.717) is 0 Å². The zero-order valence-electron chi connectivity index (χ0n) is 17.7. The van der Waals surface area contributed by atoms with Crippen molar-refractivity contribution in [3.8, 4) is 0 Å². The van der Waals surface area contributed by atoms with Crippen molar-refractivity contribution in [2.24, 2.45) is 0 Å². The number of rotatable bonds is 6. The maximum absolute atomic E-state index is 6.50. The summed E-state index contributed by atoms with van der Waals surface area (Å²) in [5.74, 6) is -0.727. The first kappa shape index (κ1) is 21.0. The highest BCUT2D eigenvalue weighted by Crippen LogP contribution is 2.44. The van der Waals surface area contributed by atoms with Crippen LogP contribution in [0.25, 0.3) is 0 Å². The van der Waals surface area contributed by atoms with Crippen LogP contribution in [0.4, 0.5) is 0 Å². The third-order valence-corrected chi connectivity index (χ3v) is 4.75. The predicted octanol–water partition coefficient (Wildman–Crippen LogP) is 5.45. The van der Waals surface area contributed by atoms with E-state index in [2.05, 4.69) is 45.0 Å². The largest absolute Gasteiger partial charge is 0.374 e. The number of hydrogen-bond acceptors (Lipinski definition) is 4. The van der Waals surface area contributed by atoms with E-state index >= 15 is 0 Å². The molecule has 1 unspecified atom stereocenters. The molecule has 28 heavy (non-hydrogen) atoms. The maximum atomic E-state index is 6.50. The van der Waals surface area contributed by atoms with Crippen molar-refractivity contribution in [1.29, 1.82) is 0 Å². The number of hydrogen-bond donors (Lipinski definition) is 0. The van der Waals surface area contributed by atoms with Gasteiger partial charge in [0.05, 0.1) is 5.60 Å². The molecule has 1 heterocycles. The fourth-order valence-corrected chi connectivity index (χ4v) is 3.74. The Morgan fingerprint density at radius 2 is 1.21 bits per heavy atom. The molecule has 0 radical (unpaired) electrons. The van der Waals surface area contributed by atoms with Gasteiger partial charge in [-0.15, -0.1) is 0 Å². The fraction of sp³-hybridized carbons (Fsp3) is 0.500. The normalized spacial score (nSPS) is 24.1. The van der Waals surface area contributed by atoms with Gasteiger partial charge in [-0.2, -0.15) is 0 Å². The molecule has 1 saturated heterocycles. The molecule has 2 aromatic rings. The van der Waals surface area contributed by atoms with Crippen LogP contribution in [0, 0.1) is 0 Å². The summed E-state index contributed by atoms with van der Waals surface area (Å²) in [5.41, 5.74) is 1.79. The molecule has 0 aromatic heterocycles. The van der Waals surface area contributed by atoms with Crippen molar-refractivity contribution < 1.29 is 18.9 Å².